The summed E-state index contributed by atoms with van der Waals surface area (Å²) in [7, 11) is 0. The van der Waals surface area contributed by atoms with Crippen LogP contribution >= 0.6 is 11.6 Å². The van der Waals surface area contributed by atoms with Gasteiger partial charge in [-0.15, -0.1) is 0 Å². The fraction of sp³-hybridized carbons (Fsp3) is 0.125. The zero-order chi connectivity index (χ0) is 10.7. The number of hydrogen-bond donors (Lipinski definition) is 2. The molecule has 1 aromatic carbocycles. The van der Waals surface area contributed by atoms with E-state index in [1.165, 1.54) is 25.1 Å². The first-order valence-corrected chi connectivity index (χ1v) is 5.16. The second kappa shape index (κ2) is 6.62. The van der Waals surface area contributed by atoms with Gasteiger partial charge in [0.25, 0.3) is 0 Å². The molecule has 0 aromatic heterocycles. The van der Waals surface area contributed by atoms with Gasteiger partial charge in [0.15, 0.2) is 11.1 Å². The normalized spacial score (nSPS) is 11.4. The third-order valence-electron chi connectivity index (χ3n) is 1.39. The van der Waals surface area contributed by atoms with Crippen molar-refractivity contribution in [2.24, 2.45) is 0 Å². The Morgan fingerprint density at radius 2 is 2.13 bits per heavy atom. The van der Waals surface area contributed by atoms with Gasteiger partial charge >= 0.3 is 29.6 Å². The molecule has 0 aliphatic heterocycles. The maximum atomic E-state index is 10.7. The average molecular weight is 258 g/mol. The van der Waals surface area contributed by atoms with E-state index in [-0.39, 0.29) is 41.8 Å². The van der Waals surface area contributed by atoms with E-state index in [2.05, 4.69) is 5.32 Å². The van der Waals surface area contributed by atoms with Gasteiger partial charge in [0.05, 0.1) is 4.90 Å². The summed E-state index contributed by atoms with van der Waals surface area (Å²) < 4.78 is 19.5. The molecule has 1 aromatic rings. The number of hydrogen-bond acceptors (Lipinski definition) is 2. The van der Waals surface area contributed by atoms with Crippen molar-refractivity contribution in [1.82, 2.24) is 0 Å². The molecule has 15 heavy (non-hydrogen) atoms. The molecule has 78 valence electrons. The van der Waals surface area contributed by atoms with E-state index in [1.807, 2.05) is 0 Å². The second-order valence-corrected chi connectivity index (χ2v) is 4.01. The summed E-state index contributed by atoms with van der Waals surface area (Å²) >= 11 is 3.58. The number of rotatable bonds is 2. The number of carbonyl (C=O) groups excluding carboxylic acids is 1. The Kier molecular flexibility index (Phi) is 6.66. The molecule has 0 fully saturated rings. The van der Waals surface area contributed by atoms with Gasteiger partial charge in [0.1, 0.15) is 0 Å². The van der Waals surface area contributed by atoms with Crippen LogP contribution in [0.1, 0.15) is 8.35 Å². The fourth-order valence-electron chi connectivity index (χ4n) is 0.939. The van der Waals surface area contributed by atoms with Crippen molar-refractivity contribution in [2.45, 2.75) is 11.8 Å². The average Bonchev–Trinajstić information content (AvgIpc) is 2.01. The van der Waals surface area contributed by atoms with E-state index >= 15 is 0 Å². The number of carbonyl (C=O) groups is 1. The van der Waals surface area contributed by atoms with Crippen molar-refractivity contribution in [3.63, 3.8) is 0 Å². The molecule has 4 nitrogen and oxygen atoms in total. The first-order chi connectivity index (χ1) is 6.49. The van der Waals surface area contributed by atoms with Crippen LogP contribution in [-0.2, 0) is 15.9 Å². The molecular weight excluding hydrogens is 249 g/mol. The van der Waals surface area contributed by atoms with Gasteiger partial charge in [-0.2, -0.15) is 0 Å². The van der Waals surface area contributed by atoms with E-state index in [9.17, 15) is 9.00 Å². The summed E-state index contributed by atoms with van der Waals surface area (Å²) in [6.07, 6.45) is 0. The van der Waals surface area contributed by atoms with Crippen molar-refractivity contribution < 1.29 is 44.5 Å². The Bertz CT molecular complexity index is 405. The van der Waals surface area contributed by atoms with Crippen LogP contribution in [0.5, 0.6) is 0 Å². The Morgan fingerprint density at radius 1 is 1.53 bits per heavy atom. The predicted molar refractivity (Wildman–Crippen MR) is 55.9 cm³/mol. The van der Waals surface area contributed by atoms with Crippen molar-refractivity contribution in [3.8, 4) is 0 Å². The molecule has 0 radical (unpaired) electrons. The summed E-state index contributed by atoms with van der Waals surface area (Å²) in [5.74, 6) is -0.262. The first kappa shape index (κ1) is 15.1. The minimum atomic E-state index is -2.10. The molecule has 0 heterocycles. The van der Waals surface area contributed by atoms with Crippen LogP contribution < -0.4 is 34.9 Å². The molecule has 0 aliphatic rings. The Morgan fingerprint density at radius 3 is 2.60 bits per heavy atom. The summed E-state index contributed by atoms with van der Waals surface area (Å²) in [6, 6.07) is 4.26. The Labute approximate surface area is 118 Å². The van der Waals surface area contributed by atoms with E-state index < -0.39 is 11.1 Å². The third-order valence-corrected chi connectivity index (χ3v) is 2.25. The van der Waals surface area contributed by atoms with Gasteiger partial charge in [-0.05, 0) is 18.2 Å². The standard InChI is InChI=1S/C8H8ClNO3S.Na.H/c1-5(11)10-7-2-6(9)3-8(4-7)14(12)13;;/h2-4H,1H3,(H,10,11)(H,12,13);;/q;+1;-1. The minimum Gasteiger partial charge on any atom is -1.00 e. The SMILES string of the molecule is CC(=O)Nc1cc(Cl)cc(S(=O)O)c1.[H-].[Na+]. The quantitative estimate of drug-likeness (QED) is 0.527. The van der Waals surface area contributed by atoms with Gasteiger partial charge in [-0.3, -0.25) is 4.79 Å². The summed E-state index contributed by atoms with van der Waals surface area (Å²) in [5, 5.41) is 2.77. The zero-order valence-corrected chi connectivity index (χ0v) is 11.9. The van der Waals surface area contributed by atoms with E-state index in [4.69, 9.17) is 16.2 Å². The summed E-state index contributed by atoms with van der Waals surface area (Å²) in [6.45, 7) is 1.34. The largest absolute Gasteiger partial charge is 1.00 e. The van der Waals surface area contributed by atoms with E-state index in [0.29, 0.717) is 10.7 Å². The molecule has 1 atom stereocenters. The number of benzene rings is 1. The van der Waals surface area contributed by atoms with Crippen LogP contribution in [0.25, 0.3) is 0 Å². The molecule has 0 saturated heterocycles. The van der Waals surface area contributed by atoms with Crippen LogP contribution in [0.15, 0.2) is 23.1 Å². The molecule has 1 rings (SSSR count). The van der Waals surface area contributed by atoms with Crippen molar-refractivity contribution in [2.75, 3.05) is 5.32 Å². The van der Waals surface area contributed by atoms with Gasteiger partial charge in [0.2, 0.25) is 5.91 Å². The molecule has 1 amide bonds. The number of halogens is 1. The van der Waals surface area contributed by atoms with Crippen LogP contribution in [0.3, 0.4) is 0 Å². The van der Waals surface area contributed by atoms with Crippen LogP contribution in [-0.4, -0.2) is 14.7 Å². The van der Waals surface area contributed by atoms with Crippen molar-refractivity contribution in [1.29, 1.82) is 0 Å². The third kappa shape index (κ3) is 5.10. The van der Waals surface area contributed by atoms with E-state index in [0.717, 1.165) is 0 Å². The number of amides is 1. The number of nitrogens with one attached hydrogen (secondary N) is 1. The maximum absolute atomic E-state index is 10.7. The van der Waals surface area contributed by atoms with Gasteiger partial charge in [0, 0.05) is 17.6 Å². The monoisotopic (exact) mass is 257 g/mol. The maximum Gasteiger partial charge on any atom is 1.00 e. The molecule has 2 N–H and O–H groups in total. The first-order valence-electron chi connectivity index (χ1n) is 3.68. The second-order valence-electron chi connectivity index (χ2n) is 2.61. The van der Waals surface area contributed by atoms with Gasteiger partial charge in [-0.1, -0.05) is 11.6 Å². The molecule has 0 spiro atoms. The zero-order valence-electron chi connectivity index (χ0n) is 9.28. The number of anilines is 1. The molecule has 0 aliphatic carbocycles. The fourth-order valence-corrected chi connectivity index (χ4v) is 1.69. The van der Waals surface area contributed by atoms with Gasteiger partial charge < -0.3 is 11.3 Å². The molecule has 7 heteroatoms. The smallest absolute Gasteiger partial charge is 1.00 e. The van der Waals surface area contributed by atoms with Crippen molar-refractivity contribution >= 4 is 34.3 Å². The van der Waals surface area contributed by atoms with E-state index in [1.54, 1.807) is 0 Å². The topological polar surface area (TPSA) is 66.4 Å². The summed E-state index contributed by atoms with van der Waals surface area (Å²) in [4.78, 5) is 10.9. The molecule has 1 unspecified atom stereocenters. The molecular formula is C8H9ClNNaO3S. The van der Waals surface area contributed by atoms with Crippen LogP contribution in [0.2, 0.25) is 5.02 Å². The van der Waals surface area contributed by atoms with Crippen LogP contribution in [0.4, 0.5) is 5.69 Å². The Balaban J connectivity index is 0. The van der Waals surface area contributed by atoms with Gasteiger partial charge in [-0.25, -0.2) is 4.21 Å². The molecule has 0 bridgehead atoms. The summed E-state index contributed by atoms with van der Waals surface area (Å²) in [5.41, 5.74) is 0.405. The van der Waals surface area contributed by atoms with Crippen LogP contribution in [0, 0.1) is 0 Å². The molecule has 0 saturated carbocycles. The Hall–Kier alpha value is 0.0900. The minimum absolute atomic E-state index is 0. The van der Waals surface area contributed by atoms with Crippen molar-refractivity contribution in [3.05, 3.63) is 23.2 Å². The predicted octanol–water partition coefficient (Wildman–Crippen LogP) is -1.00.